The summed E-state index contributed by atoms with van der Waals surface area (Å²) < 4.78 is 2.05. The molecule has 0 amide bonds. The lowest BCUT2D eigenvalue weighted by Crippen LogP contribution is -2.18. The minimum absolute atomic E-state index is 0.275. The van der Waals surface area contributed by atoms with E-state index in [0.717, 1.165) is 22.2 Å². The highest BCUT2D eigenvalue weighted by Crippen LogP contribution is 2.17. The van der Waals surface area contributed by atoms with Crippen molar-refractivity contribution in [1.29, 1.82) is 0 Å². The Kier molecular flexibility index (Phi) is 3.55. The van der Waals surface area contributed by atoms with Gasteiger partial charge in [-0.15, -0.1) is 11.3 Å². The van der Waals surface area contributed by atoms with E-state index in [-0.39, 0.29) is 6.04 Å². The van der Waals surface area contributed by atoms with Gasteiger partial charge in [0.15, 0.2) is 4.96 Å². The van der Waals surface area contributed by atoms with E-state index in [1.54, 1.807) is 11.3 Å². The van der Waals surface area contributed by atoms with Crippen molar-refractivity contribution in [2.75, 3.05) is 0 Å². The van der Waals surface area contributed by atoms with E-state index in [2.05, 4.69) is 27.8 Å². The van der Waals surface area contributed by atoms with Gasteiger partial charge in [-0.1, -0.05) is 23.7 Å². The molecular formula is C14H14ClN3S. The van der Waals surface area contributed by atoms with Crippen molar-refractivity contribution in [3.05, 3.63) is 58.3 Å². The fraction of sp³-hybridized carbons (Fsp3) is 0.214. The lowest BCUT2D eigenvalue weighted by molar-refractivity contribution is 0.569. The molecule has 0 aliphatic heterocycles. The summed E-state index contributed by atoms with van der Waals surface area (Å²) in [6, 6.07) is 8.21. The number of nitrogens with one attached hydrogen (secondary N) is 1. The molecule has 3 nitrogen and oxygen atoms in total. The van der Waals surface area contributed by atoms with Crippen LogP contribution in [0, 0.1) is 0 Å². The van der Waals surface area contributed by atoms with Crippen molar-refractivity contribution >= 4 is 27.9 Å². The Bertz CT molecular complexity index is 643. The SMILES string of the molecule is C[C@@H](NCc1cn2ccsc2n1)c1ccc(Cl)cc1. The largest absolute Gasteiger partial charge is 0.305 e. The zero-order valence-corrected chi connectivity index (χ0v) is 12.1. The first-order valence-corrected chi connectivity index (χ1v) is 7.38. The normalized spacial score (nSPS) is 12.9. The average Bonchev–Trinajstić information content (AvgIpc) is 2.97. The minimum atomic E-state index is 0.275. The molecule has 0 aliphatic carbocycles. The number of halogens is 1. The van der Waals surface area contributed by atoms with E-state index in [4.69, 9.17) is 11.6 Å². The Labute approximate surface area is 120 Å². The molecular weight excluding hydrogens is 278 g/mol. The molecule has 2 aromatic heterocycles. The van der Waals surface area contributed by atoms with Gasteiger partial charge in [0.05, 0.1) is 5.69 Å². The number of hydrogen-bond acceptors (Lipinski definition) is 3. The Morgan fingerprint density at radius 3 is 2.89 bits per heavy atom. The fourth-order valence-corrected chi connectivity index (χ4v) is 2.83. The van der Waals surface area contributed by atoms with E-state index in [0.29, 0.717) is 0 Å². The van der Waals surface area contributed by atoms with Crippen LogP contribution in [0.25, 0.3) is 4.96 Å². The number of benzene rings is 1. The zero-order valence-electron chi connectivity index (χ0n) is 10.5. The number of thiazole rings is 1. The third kappa shape index (κ3) is 2.81. The van der Waals surface area contributed by atoms with Gasteiger partial charge >= 0.3 is 0 Å². The molecule has 1 aromatic carbocycles. The summed E-state index contributed by atoms with van der Waals surface area (Å²) in [5, 5.41) is 6.28. The standard InChI is InChI=1S/C14H14ClN3S/c1-10(11-2-4-12(15)5-3-11)16-8-13-9-18-6-7-19-14(18)17-13/h2-7,9-10,16H,8H2,1H3/t10-/m1/s1. The van der Waals surface area contributed by atoms with Gasteiger partial charge in [-0.3, -0.25) is 4.40 Å². The first-order valence-electron chi connectivity index (χ1n) is 6.12. The van der Waals surface area contributed by atoms with Crippen LogP contribution >= 0.6 is 22.9 Å². The lowest BCUT2D eigenvalue weighted by atomic mass is 10.1. The van der Waals surface area contributed by atoms with Crippen LogP contribution in [0.3, 0.4) is 0 Å². The fourth-order valence-electron chi connectivity index (χ4n) is 1.99. The maximum Gasteiger partial charge on any atom is 0.193 e. The van der Waals surface area contributed by atoms with Crippen LogP contribution in [-0.2, 0) is 6.54 Å². The van der Waals surface area contributed by atoms with E-state index >= 15 is 0 Å². The second kappa shape index (κ2) is 5.33. The molecule has 0 saturated carbocycles. The van der Waals surface area contributed by atoms with E-state index in [1.165, 1.54) is 5.56 Å². The molecule has 0 radical (unpaired) electrons. The third-order valence-corrected chi connectivity index (χ3v) is 4.13. The maximum absolute atomic E-state index is 5.89. The predicted molar refractivity (Wildman–Crippen MR) is 79.8 cm³/mol. The highest BCUT2D eigenvalue weighted by atomic mass is 35.5. The molecule has 3 rings (SSSR count). The lowest BCUT2D eigenvalue weighted by Gasteiger charge is -2.13. The van der Waals surface area contributed by atoms with Crippen LogP contribution in [0.4, 0.5) is 0 Å². The molecule has 0 saturated heterocycles. The van der Waals surface area contributed by atoms with Crippen molar-refractivity contribution in [2.45, 2.75) is 19.5 Å². The van der Waals surface area contributed by atoms with Crippen LogP contribution in [0.2, 0.25) is 5.02 Å². The summed E-state index contributed by atoms with van der Waals surface area (Å²) >= 11 is 7.54. The summed E-state index contributed by atoms with van der Waals surface area (Å²) in [5.41, 5.74) is 2.29. The summed E-state index contributed by atoms with van der Waals surface area (Å²) in [7, 11) is 0. The smallest absolute Gasteiger partial charge is 0.193 e. The summed E-state index contributed by atoms with van der Waals surface area (Å²) in [5.74, 6) is 0. The Morgan fingerprint density at radius 1 is 1.37 bits per heavy atom. The molecule has 1 N–H and O–H groups in total. The van der Waals surface area contributed by atoms with Crippen molar-refractivity contribution in [2.24, 2.45) is 0 Å². The predicted octanol–water partition coefficient (Wildman–Crippen LogP) is 3.90. The van der Waals surface area contributed by atoms with Crippen LogP contribution in [0.1, 0.15) is 24.2 Å². The van der Waals surface area contributed by atoms with E-state index < -0.39 is 0 Å². The Morgan fingerprint density at radius 2 is 2.16 bits per heavy atom. The first kappa shape index (κ1) is 12.7. The number of aromatic nitrogens is 2. The Balaban J connectivity index is 1.65. The van der Waals surface area contributed by atoms with Crippen molar-refractivity contribution in [3.63, 3.8) is 0 Å². The maximum atomic E-state index is 5.89. The molecule has 0 aliphatic rings. The molecule has 0 unspecified atom stereocenters. The average molecular weight is 292 g/mol. The zero-order chi connectivity index (χ0) is 13.2. The molecule has 98 valence electrons. The van der Waals surface area contributed by atoms with Crippen LogP contribution in [-0.4, -0.2) is 9.38 Å². The molecule has 0 spiro atoms. The molecule has 19 heavy (non-hydrogen) atoms. The van der Waals surface area contributed by atoms with Crippen molar-refractivity contribution in [1.82, 2.24) is 14.7 Å². The topological polar surface area (TPSA) is 29.3 Å². The number of fused-ring (bicyclic) bond motifs is 1. The van der Waals surface area contributed by atoms with Crippen molar-refractivity contribution in [3.8, 4) is 0 Å². The van der Waals surface area contributed by atoms with Crippen molar-refractivity contribution < 1.29 is 0 Å². The molecule has 0 bridgehead atoms. The van der Waals surface area contributed by atoms with Gasteiger partial charge in [0.1, 0.15) is 0 Å². The van der Waals surface area contributed by atoms with Gasteiger partial charge in [0, 0.05) is 35.4 Å². The monoisotopic (exact) mass is 291 g/mol. The van der Waals surface area contributed by atoms with Gasteiger partial charge in [-0.25, -0.2) is 4.98 Å². The highest BCUT2D eigenvalue weighted by Gasteiger charge is 2.07. The van der Waals surface area contributed by atoms with Gasteiger partial charge in [0.2, 0.25) is 0 Å². The number of imidazole rings is 1. The molecule has 5 heteroatoms. The summed E-state index contributed by atoms with van der Waals surface area (Å²) in [6.07, 6.45) is 4.09. The first-order chi connectivity index (χ1) is 9.22. The second-order valence-electron chi connectivity index (χ2n) is 4.48. The highest BCUT2D eigenvalue weighted by molar-refractivity contribution is 7.15. The molecule has 2 heterocycles. The van der Waals surface area contributed by atoms with E-state index in [1.807, 2.05) is 35.8 Å². The number of hydrogen-bond donors (Lipinski definition) is 1. The molecule has 3 aromatic rings. The van der Waals surface area contributed by atoms with Gasteiger partial charge < -0.3 is 5.32 Å². The van der Waals surface area contributed by atoms with Crippen LogP contribution in [0.5, 0.6) is 0 Å². The number of nitrogens with zero attached hydrogens (tertiary/aromatic N) is 2. The molecule has 1 atom stereocenters. The summed E-state index contributed by atoms with van der Waals surface area (Å²) in [6.45, 7) is 2.90. The van der Waals surface area contributed by atoms with Crippen LogP contribution in [0.15, 0.2) is 42.0 Å². The van der Waals surface area contributed by atoms with Gasteiger partial charge in [-0.2, -0.15) is 0 Å². The quantitative estimate of drug-likeness (QED) is 0.790. The third-order valence-electron chi connectivity index (χ3n) is 3.10. The van der Waals surface area contributed by atoms with Gasteiger partial charge in [-0.05, 0) is 24.6 Å². The number of rotatable bonds is 4. The van der Waals surface area contributed by atoms with E-state index in [9.17, 15) is 0 Å². The molecule has 0 fully saturated rings. The minimum Gasteiger partial charge on any atom is -0.305 e. The van der Waals surface area contributed by atoms with Gasteiger partial charge in [0.25, 0.3) is 0 Å². The Hall–Kier alpha value is -1.36. The summed E-state index contributed by atoms with van der Waals surface area (Å²) in [4.78, 5) is 5.59. The second-order valence-corrected chi connectivity index (χ2v) is 5.79. The van der Waals surface area contributed by atoms with Crippen LogP contribution < -0.4 is 5.32 Å².